The molecule has 0 saturated heterocycles. The van der Waals surface area contributed by atoms with E-state index in [2.05, 4.69) is 5.32 Å². The average Bonchev–Trinajstić information content (AvgIpc) is 2.97. The number of hydrogen-bond donors (Lipinski definition) is 1. The molecule has 2 aromatic rings. The minimum Gasteiger partial charge on any atom is -0.317 e. The van der Waals surface area contributed by atoms with Crippen molar-refractivity contribution in [2.45, 2.75) is 19.4 Å². The zero-order valence-corrected chi connectivity index (χ0v) is 13.6. The number of carbonyl (C=O) groups is 2. The fourth-order valence-corrected chi connectivity index (χ4v) is 3.85. The van der Waals surface area contributed by atoms with Crippen LogP contribution in [0.5, 0.6) is 0 Å². The van der Waals surface area contributed by atoms with Crippen LogP contribution in [-0.2, 0) is 6.42 Å². The van der Waals surface area contributed by atoms with Crippen LogP contribution < -0.4 is 5.32 Å². The molecule has 3 amide bonds. The summed E-state index contributed by atoms with van der Waals surface area (Å²) in [6, 6.07) is 8.31. The number of imide groups is 1. The number of thiophene rings is 1. The minimum absolute atomic E-state index is 0.0333. The second-order valence-electron chi connectivity index (χ2n) is 5.16. The van der Waals surface area contributed by atoms with Crippen molar-refractivity contribution >= 4 is 34.9 Å². The molecule has 1 atom stereocenters. The Morgan fingerprint density at radius 1 is 1.32 bits per heavy atom. The number of halogens is 1. The van der Waals surface area contributed by atoms with Gasteiger partial charge in [-0.1, -0.05) is 23.7 Å². The van der Waals surface area contributed by atoms with Crippen LogP contribution in [0.4, 0.5) is 4.79 Å². The van der Waals surface area contributed by atoms with Gasteiger partial charge in [-0.15, -0.1) is 11.3 Å². The number of benzene rings is 1. The number of nitrogens with one attached hydrogen (secondary N) is 1. The maximum atomic E-state index is 12.4. The summed E-state index contributed by atoms with van der Waals surface area (Å²) in [5, 5.41) is 4.80. The zero-order chi connectivity index (χ0) is 15.7. The van der Waals surface area contributed by atoms with Crippen LogP contribution in [0.1, 0.15) is 33.8 Å². The molecule has 1 aliphatic rings. The van der Waals surface area contributed by atoms with E-state index in [1.165, 1.54) is 4.88 Å². The summed E-state index contributed by atoms with van der Waals surface area (Å²) in [7, 11) is 0. The van der Waals surface area contributed by atoms with E-state index >= 15 is 0 Å². The molecule has 0 unspecified atom stereocenters. The van der Waals surface area contributed by atoms with Gasteiger partial charge in [0, 0.05) is 11.4 Å². The van der Waals surface area contributed by atoms with Gasteiger partial charge in [0.05, 0.1) is 16.6 Å². The smallest absolute Gasteiger partial charge is 0.317 e. The monoisotopic (exact) mass is 334 g/mol. The van der Waals surface area contributed by atoms with E-state index in [9.17, 15) is 9.59 Å². The Balaban J connectivity index is 1.73. The summed E-state index contributed by atoms with van der Waals surface area (Å²) in [4.78, 5) is 27.6. The summed E-state index contributed by atoms with van der Waals surface area (Å²) in [5.74, 6) is -0.473. The fourth-order valence-electron chi connectivity index (χ4n) is 2.67. The van der Waals surface area contributed by atoms with Crippen molar-refractivity contribution < 1.29 is 9.59 Å². The second-order valence-corrected chi connectivity index (χ2v) is 6.57. The van der Waals surface area contributed by atoms with Crippen LogP contribution in [0.15, 0.2) is 35.7 Å². The lowest BCUT2D eigenvalue weighted by Gasteiger charge is -2.33. The van der Waals surface area contributed by atoms with Crippen LogP contribution in [0.2, 0.25) is 5.02 Å². The minimum atomic E-state index is -0.473. The molecule has 22 heavy (non-hydrogen) atoms. The summed E-state index contributed by atoms with van der Waals surface area (Å²) in [5.41, 5.74) is 1.47. The molecule has 3 rings (SSSR count). The van der Waals surface area contributed by atoms with Crippen molar-refractivity contribution in [2.75, 3.05) is 6.54 Å². The quantitative estimate of drug-likeness (QED) is 0.860. The first-order valence-electron chi connectivity index (χ1n) is 7.00. The molecule has 0 bridgehead atoms. The van der Waals surface area contributed by atoms with Gasteiger partial charge in [0.25, 0.3) is 5.91 Å². The lowest BCUT2D eigenvalue weighted by Crippen LogP contribution is -2.46. The molecule has 0 fully saturated rings. The van der Waals surface area contributed by atoms with Crippen molar-refractivity contribution in [3.05, 3.63) is 56.7 Å². The number of hydrogen-bond acceptors (Lipinski definition) is 3. The number of rotatable bonds is 1. The highest BCUT2D eigenvalue weighted by Crippen LogP contribution is 2.32. The van der Waals surface area contributed by atoms with E-state index in [-0.39, 0.29) is 12.1 Å². The first-order valence-corrected chi connectivity index (χ1v) is 8.26. The second kappa shape index (κ2) is 6.10. The predicted molar refractivity (Wildman–Crippen MR) is 87.5 cm³/mol. The molecule has 0 radical (unpaired) electrons. The number of nitrogens with zero attached hydrogens (tertiary/aromatic N) is 1. The van der Waals surface area contributed by atoms with Gasteiger partial charge in [0.15, 0.2) is 0 Å². The van der Waals surface area contributed by atoms with E-state index in [0.29, 0.717) is 17.1 Å². The third-order valence-corrected chi connectivity index (χ3v) is 5.20. The molecule has 1 aromatic heterocycles. The predicted octanol–water partition coefficient (Wildman–Crippen LogP) is 3.87. The summed E-state index contributed by atoms with van der Waals surface area (Å²) in [6.07, 6.45) is 0.824. The average molecular weight is 335 g/mol. The van der Waals surface area contributed by atoms with E-state index in [0.717, 1.165) is 12.0 Å². The van der Waals surface area contributed by atoms with E-state index in [1.54, 1.807) is 40.5 Å². The standard InChI is InChI=1S/C16H15ClN2O2S/c1-10-11-7-9-22-14(11)6-8-19(10)16(21)18-15(20)12-4-2-3-5-13(12)17/h2-5,7,9-10H,6,8H2,1H3,(H,18,20,21)/t10-/m1/s1. The van der Waals surface area contributed by atoms with E-state index in [4.69, 9.17) is 11.6 Å². The number of fused-ring (bicyclic) bond motifs is 1. The Labute approximate surface area is 137 Å². The zero-order valence-electron chi connectivity index (χ0n) is 12.0. The van der Waals surface area contributed by atoms with Crippen LogP contribution in [-0.4, -0.2) is 23.4 Å². The lowest BCUT2D eigenvalue weighted by molar-refractivity contribution is 0.0944. The van der Waals surface area contributed by atoms with Crippen molar-refractivity contribution in [1.29, 1.82) is 0 Å². The van der Waals surface area contributed by atoms with Gasteiger partial charge in [-0.3, -0.25) is 10.1 Å². The van der Waals surface area contributed by atoms with Gasteiger partial charge in [0.1, 0.15) is 0 Å². The van der Waals surface area contributed by atoms with Crippen LogP contribution in [0, 0.1) is 0 Å². The number of amides is 3. The molecule has 114 valence electrons. The molecular weight excluding hydrogens is 320 g/mol. The van der Waals surface area contributed by atoms with Gasteiger partial charge in [-0.2, -0.15) is 0 Å². The Hall–Kier alpha value is -1.85. The molecule has 1 N–H and O–H groups in total. The maximum Gasteiger partial charge on any atom is 0.324 e. The van der Waals surface area contributed by atoms with Crippen molar-refractivity contribution in [3.8, 4) is 0 Å². The van der Waals surface area contributed by atoms with Crippen LogP contribution >= 0.6 is 22.9 Å². The Kier molecular flexibility index (Phi) is 4.18. The van der Waals surface area contributed by atoms with E-state index in [1.807, 2.05) is 18.4 Å². The Bertz CT molecular complexity index is 728. The van der Waals surface area contributed by atoms with Gasteiger partial charge in [-0.25, -0.2) is 4.79 Å². The Morgan fingerprint density at radius 2 is 2.09 bits per heavy atom. The first-order chi connectivity index (χ1) is 10.6. The van der Waals surface area contributed by atoms with Crippen LogP contribution in [0.25, 0.3) is 0 Å². The van der Waals surface area contributed by atoms with Gasteiger partial charge in [-0.05, 0) is 42.5 Å². The van der Waals surface area contributed by atoms with Crippen molar-refractivity contribution in [1.82, 2.24) is 10.2 Å². The van der Waals surface area contributed by atoms with Gasteiger partial charge in [0.2, 0.25) is 0 Å². The third kappa shape index (κ3) is 2.74. The molecule has 0 aliphatic carbocycles. The molecule has 1 aromatic carbocycles. The molecule has 6 heteroatoms. The van der Waals surface area contributed by atoms with Crippen molar-refractivity contribution in [3.63, 3.8) is 0 Å². The lowest BCUT2D eigenvalue weighted by atomic mass is 10.0. The first kappa shape index (κ1) is 15.1. The molecule has 4 nitrogen and oxygen atoms in total. The normalized spacial score (nSPS) is 17.0. The molecule has 1 aliphatic heterocycles. The highest BCUT2D eigenvalue weighted by Gasteiger charge is 2.29. The topological polar surface area (TPSA) is 49.4 Å². The van der Waals surface area contributed by atoms with E-state index < -0.39 is 5.91 Å². The number of carbonyl (C=O) groups excluding carboxylic acids is 2. The van der Waals surface area contributed by atoms with Crippen LogP contribution in [0.3, 0.4) is 0 Å². The summed E-state index contributed by atoms with van der Waals surface area (Å²) in [6.45, 7) is 2.58. The highest BCUT2D eigenvalue weighted by molar-refractivity contribution is 7.10. The largest absolute Gasteiger partial charge is 0.324 e. The summed E-state index contributed by atoms with van der Waals surface area (Å²) < 4.78 is 0. The van der Waals surface area contributed by atoms with Gasteiger partial charge >= 0.3 is 6.03 Å². The summed E-state index contributed by atoms with van der Waals surface area (Å²) >= 11 is 7.70. The SMILES string of the molecule is C[C@@H]1c2ccsc2CCN1C(=O)NC(=O)c1ccccc1Cl. The van der Waals surface area contributed by atoms with Crippen molar-refractivity contribution in [2.24, 2.45) is 0 Å². The van der Waals surface area contributed by atoms with Gasteiger partial charge < -0.3 is 4.90 Å². The Morgan fingerprint density at radius 3 is 2.86 bits per heavy atom. The molecule has 0 saturated carbocycles. The number of urea groups is 1. The molecular formula is C16H15ClN2O2S. The highest BCUT2D eigenvalue weighted by atomic mass is 35.5. The molecule has 2 heterocycles. The third-order valence-electron chi connectivity index (χ3n) is 3.88. The molecule has 0 spiro atoms. The fraction of sp³-hybridized carbons (Fsp3) is 0.250. The maximum absolute atomic E-state index is 12.4.